The van der Waals surface area contributed by atoms with Crippen molar-refractivity contribution in [3.63, 3.8) is 0 Å². The molecule has 0 unspecified atom stereocenters. The minimum atomic E-state index is -0.278. The lowest BCUT2D eigenvalue weighted by Crippen LogP contribution is -1.99. The quantitative estimate of drug-likeness (QED) is 0.942. The lowest BCUT2D eigenvalue weighted by atomic mass is 10.0. The van der Waals surface area contributed by atoms with Crippen molar-refractivity contribution in [3.05, 3.63) is 34.1 Å². The highest BCUT2D eigenvalue weighted by Crippen LogP contribution is 2.33. The van der Waals surface area contributed by atoms with E-state index in [1.807, 2.05) is 0 Å². The van der Waals surface area contributed by atoms with E-state index in [9.17, 15) is 4.39 Å². The van der Waals surface area contributed by atoms with Crippen LogP contribution in [0.4, 0.5) is 10.2 Å². The van der Waals surface area contributed by atoms with Crippen LogP contribution in [0.3, 0.4) is 0 Å². The van der Waals surface area contributed by atoms with Gasteiger partial charge in [-0.3, -0.25) is 4.68 Å². The largest absolute Gasteiger partial charge is 0.384 e. The fourth-order valence-corrected chi connectivity index (χ4v) is 2.41. The molecule has 0 bridgehead atoms. The fourth-order valence-electron chi connectivity index (χ4n) is 1.97. The number of aryl methyl sites for hydroxylation is 1. The zero-order valence-corrected chi connectivity index (χ0v) is 12.0. The van der Waals surface area contributed by atoms with E-state index in [2.05, 4.69) is 28.0 Å². The smallest absolute Gasteiger partial charge is 0.125 e. The number of aromatic nitrogens is 2. The molecule has 1 aromatic heterocycles. The van der Waals surface area contributed by atoms with E-state index in [0.29, 0.717) is 5.82 Å². The second kappa shape index (κ2) is 5.10. The van der Waals surface area contributed by atoms with Gasteiger partial charge in [0, 0.05) is 22.6 Å². The van der Waals surface area contributed by atoms with Crippen LogP contribution < -0.4 is 5.73 Å². The maximum Gasteiger partial charge on any atom is 0.125 e. The lowest BCUT2D eigenvalue weighted by Gasteiger charge is -2.05. The van der Waals surface area contributed by atoms with Gasteiger partial charge < -0.3 is 5.73 Å². The second-order valence-electron chi connectivity index (χ2n) is 4.21. The van der Waals surface area contributed by atoms with Crippen molar-refractivity contribution in [1.82, 2.24) is 9.78 Å². The zero-order chi connectivity index (χ0) is 13.3. The summed E-state index contributed by atoms with van der Waals surface area (Å²) in [6, 6.07) is 4.58. The second-order valence-corrected chi connectivity index (χ2v) is 5.06. The van der Waals surface area contributed by atoms with Crippen LogP contribution in [-0.2, 0) is 13.5 Å². The van der Waals surface area contributed by atoms with Crippen LogP contribution in [0.1, 0.15) is 18.9 Å². The van der Waals surface area contributed by atoms with Crippen molar-refractivity contribution in [3.8, 4) is 11.3 Å². The summed E-state index contributed by atoms with van der Waals surface area (Å²) in [5.41, 5.74) is 8.48. The van der Waals surface area contributed by atoms with Crippen LogP contribution in [-0.4, -0.2) is 9.78 Å². The van der Waals surface area contributed by atoms with Crippen molar-refractivity contribution < 1.29 is 4.39 Å². The van der Waals surface area contributed by atoms with Crippen molar-refractivity contribution in [1.29, 1.82) is 0 Å². The van der Waals surface area contributed by atoms with Gasteiger partial charge in [-0.25, -0.2) is 4.39 Å². The third kappa shape index (κ3) is 2.27. The van der Waals surface area contributed by atoms with E-state index in [4.69, 9.17) is 5.73 Å². The van der Waals surface area contributed by atoms with Gasteiger partial charge in [0.1, 0.15) is 11.6 Å². The minimum absolute atomic E-state index is 0.278. The zero-order valence-electron chi connectivity index (χ0n) is 10.4. The first-order valence-electron chi connectivity index (χ1n) is 5.81. The summed E-state index contributed by atoms with van der Waals surface area (Å²) in [5.74, 6) is 0.364. The molecule has 0 aliphatic heterocycles. The van der Waals surface area contributed by atoms with Crippen molar-refractivity contribution in [2.45, 2.75) is 19.8 Å². The Morgan fingerprint density at radius 1 is 1.44 bits per heavy atom. The number of anilines is 1. The number of benzene rings is 1. The molecule has 1 aromatic carbocycles. The molecule has 0 spiro atoms. The molecule has 5 heteroatoms. The van der Waals surface area contributed by atoms with Gasteiger partial charge in [0.2, 0.25) is 0 Å². The SMILES string of the molecule is CCCc1c(-c2cc(F)ccc2Br)nn(C)c1N. The first kappa shape index (κ1) is 13.1. The molecule has 2 rings (SSSR count). The van der Waals surface area contributed by atoms with E-state index < -0.39 is 0 Å². The van der Waals surface area contributed by atoms with Crippen LogP contribution >= 0.6 is 15.9 Å². The van der Waals surface area contributed by atoms with Crippen LogP contribution in [0.2, 0.25) is 0 Å². The average Bonchev–Trinajstić information content (AvgIpc) is 2.61. The molecule has 0 aliphatic rings. The molecule has 0 aliphatic carbocycles. The van der Waals surface area contributed by atoms with Gasteiger partial charge in [-0.05, 0) is 24.6 Å². The third-order valence-electron chi connectivity index (χ3n) is 2.88. The van der Waals surface area contributed by atoms with E-state index in [1.165, 1.54) is 12.1 Å². The first-order valence-corrected chi connectivity index (χ1v) is 6.60. The van der Waals surface area contributed by atoms with Crippen LogP contribution in [0.15, 0.2) is 22.7 Å². The fraction of sp³-hybridized carbons (Fsp3) is 0.308. The Bertz CT molecular complexity index is 578. The maximum absolute atomic E-state index is 13.4. The molecule has 0 saturated heterocycles. The maximum atomic E-state index is 13.4. The Hall–Kier alpha value is -1.36. The molecule has 0 fully saturated rings. The predicted octanol–water partition coefficient (Wildman–Crippen LogP) is 3.52. The number of halogens is 2. The van der Waals surface area contributed by atoms with E-state index in [-0.39, 0.29) is 5.82 Å². The monoisotopic (exact) mass is 311 g/mol. The Labute approximate surface area is 114 Å². The summed E-state index contributed by atoms with van der Waals surface area (Å²) < 4.78 is 15.8. The summed E-state index contributed by atoms with van der Waals surface area (Å²) in [7, 11) is 1.80. The average molecular weight is 312 g/mol. The lowest BCUT2D eigenvalue weighted by molar-refractivity contribution is 0.628. The molecule has 0 atom stereocenters. The number of nitrogen functional groups attached to an aromatic ring is 1. The predicted molar refractivity (Wildman–Crippen MR) is 74.7 cm³/mol. The molecule has 3 nitrogen and oxygen atoms in total. The van der Waals surface area contributed by atoms with Gasteiger partial charge in [0.25, 0.3) is 0 Å². The molecule has 0 radical (unpaired) electrons. The van der Waals surface area contributed by atoms with Crippen LogP contribution in [0, 0.1) is 5.82 Å². The molecule has 0 saturated carbocycles. The Morgan fingerprint density at radius 3 is 2.83 bits per heavy atom. The number of nitrogens with zero attached hydrogens (tertiary/aromatic N) is 2. The summed E-state index contributed by atoms with van der Waals surface area (Å²) in [5, 5.41) is 4.40. The van der Waals surface area contributed by atoms with Crippen molar-refractivity contribution >= 4 is 21.7 Å². The molecule has 0 amide bonds. The first-order chi connectivity index (χ1) is 8.54. The van der Waals surface area contributed by atoms with Crippen molar-refractivity contribution in [2.75, 3.05) is 5.73 Å². The van der Waals surface area contributed by atoms with E-state index in [1.54, 1.807) is 17.8 Å². The van der Waals surface area contributed by atoms with Gasteiger partial charge in [0.15, 0.2) is 0 Å². The molecule has 18 heavy (non-hydrogen) atoms. The number of rotatable bonds is 3. The highest BCUT2D eigenvalue weighted by molar-refractivity contribution is 9.10. The Balaban J connectivity index is 2.63. The summed E-state index contributed by atoms with van der Waals surface area (Å²) in [4.78, 5) is 0. The van der Waals surface area contributed by atoms with Gasteiger partial charge in [-0.1, -0.05) is 29.3 Å². The summed E-state index contributed by atoms with van der Waals surface area (Å²) >= 11 is 3.43. The molecule has 2 N–H and O–H groups in total. The van der Waals surface area contributed by atoms with Gasteiger partial charge in [0.05, 0.1) is 5.69 Å². The standard InChI is InChI=1S/C13H15BrFN3/c1-3-4-9-12(17-18(2)13(9)16)10-7-8(15)5-6-11(10)14/h5-7H,3-4,16H2,1-2H3. The summed E-state index contributed by atoms with van der Waals surface area (Å²) in [6.45, 7) is 2.08. The molecular weight excluding hydrogens is 297 g/mol. The normalized spacial score (nSPS) is 10.9. The van der Waals surface area contributed by atoms with Crippen LogP contribution in [0.5, 0.6) is 0 Å². The number of nitrogens with two attached hydrogens (primary N) is 1. The topological polar surface area (TPSA) is 43.8 Å². The molecule has 1 heterocycles. The highest BCUT2D eigenvalue weighted by Gasteiger charge is 2.17. The van der Waals surface area contributed by atoms with E-state index in [0.717, 1.165) is 34.1 Å². The third-order valence-corrected chi connectivity index (χ3v) is 3.57. The number of hydrogen-bond donors (Lipinski definition) is 1. The van der Waals surface area contributed by atoms with Gasteiger partial charge in [-0.2, -0.15) is 5.10 Å². The Morgan fingerprint density at radius 2 is 2.17 bits per heavy atom. The molecule has 2 aromatic rings. The molecular formula is C13H15BrFN3. The van der Waals surface area contributed by atoms with Crippen molar-refractivity contribution in [2.24, 2.45) is 7.05 Å². The molecule has 96 valence electrons. The Kier molecular flexibility index (Phi) is 3.71. The van der Waals surface area contributed by atoms with E-state index >= 15 is 0 Å². The van der Waals surface area contributed by atoms with Gasteiger partial charge in [-0.15, -0.1) is 0 Å². The summed E-state index contributed by atoms with van der Waals surface area (Å²) in [6.07, 6.45) is 1.80. The van der Waals surface area contributed by atoms with Gasteiger partial charge >= 0.3 is 0 Å². The van der Waals surface area contributed by atoms with Crippen LogP contribution in [0.25, 0.3) is 11.3 Å². The minimum Gasteiger partial charge on any atom is -0.384 e. The highest BCUT2D eigenvalue weighted by atomic mass is 79.9. The number of hydrogen-bond acceptors (Lipinski definition) is 2.